The predicted molar refractivity (Wildman–Crippen MR) is 99.7 cm³/mol. The van der Waals surface area contributed by atoms with Gasteiger partial charge in [-0.25, -0.2) is 12.8 Å². The highest BCUT2D eigenvalue weighted by Gasteiger charge is 2.42. The standard InChI is InChI=1S/C20H24FNO3S/c1-15-5-4-6-16(11-15)13-26(23,24)22-12-19(25-14-20(22,2)3)17-7-9-18(21)10-8-17/h4-11,19H,12-14H2,1-3H3. The summed E-state index contributed by atoms with van der Waals surface area (Å²) in [5.41, 5.74) is 1.94. The molecule has 0 amide bonds. The minimum absolute atomic E-state index is 0.0474. The number of halogens is 1. The Bertz CT molecular complexity index is 878. The van der Waals surface area contributed by atoms with Gasteiger partial charge in [-0.2, -0.15) is 4.31 Å². The molecule has 1 fully saturated rings. The Balaban J connectivity index is 1.85. The Morgan fingerprint density at radius 1 is 1.19 bits per heavy atom. The van der Waals surface area contributed by atoms with E-state index < -0.39 is 21.7 Å². The fourth-order valence-corrected chi connectivity index (χ4v) is 5.21. The average molecular weight is 377 g/mol. The largest absolute Gasteiger partial charge is 0.370 e. The van der Waals surface area contributed by atoms with E-state index in [0.717, 1.165) is 16.7 Å². The van der Waals surface area contributed by atoms with Crippen LogP contribution in [0.4, 0.5) is 4.39 Å². The first-order valence-electron chi connectivity index (χ1n) is 8.60. The third-order valence-electron chi connectivity index (χ3n) is 4.65. The van der Waals surface area contributed by atoms with Crippen LogP contribution in [0.5, 0.6) is 0 Å². The number of hydrogen-bond acceptors (Lipinski definition) is 3. The number of morpholine rings is 1. The second kappa shape index (κ2) is 7.10. The molecule has 1 unspecified atom stereocenters. The van der Waals surface area contributed by atoms with Gasteiger partial charge < -0.3 is 4.74 Å². The second-order valence-corrected chi connectivity index (χ2v) is 9.33. The van der Waals surface area contributed by atoms with Crippen LogP contribution in [0.1, 0.15) is 36.6 Å². The van der Waals surface area contributed by atoms with Gasteiger partial charge in [0.05, 0.1) is 24.0 Å². The lowest BCUT2D eigenvalue weighted by Crippen LogP contribution is -2.56. The molecule has 1 heterocycles. The molecule has 3 rings (SSSR count). The van der Waals surface area contributed by atoms with Crippen molar-refractivity contribution in [1.29, 1.82) is 0 Å². The molecule has 1 saturated heterocycles. The highest BCUT2D eigenvalue weighted by molar-refractivity contribution is 7.88. The Labute approximate surface area is 154 Å². The molecule has 0 spiro atoms. The van der Waals surface area contributed by atoms with Crippen molar-refractivity contribution >= 4 is 10.0 Å². The molecule has 2 aromatic carbocycles. The molecule has 6 heteroatoms. The van der Waals surface area contributed by atoms with Gasteiger partial charge in [-0.15, -0.1) is 0 Å². The van der Waals surface area contributed by atoms with Gasteiger partial charge in [0.25, 0.3) is 0 Å². The van der Waals surface area contributed by atoms with Crippen LogP contribution >= 0.6 is 0 Å². The van der Waals surface area contributed by atoms with Crippen LogP contribution in [0.25, 0.3) is 0 Å². The van der Waals surface area contributed by atoms with E-state index in [9.17, 15) is 12.8 Å². The van der Waals surface area contributed by atoms with E-state index in [1.165, 1.54) is 16.4 Å². The van der Waals surface area contributed by atoms with Gasteiger partial charge >= 0.3 is 0 Å². The van der Waals surface area contributed by atoms with Crippen LogP contribution in [0.2, 0.25) is 0 Å². The van der Waals surface area contributed by atoms with Gasteiger partial charge in [0.1, 0.15) is 5.82 Å². The summed E-state index contributed by atoms with van der Waals surface area (Å²) < 4.78 is 46.8. The van der Waals surface area contributed by atoms with Crippen molar-refractivity contribution in [2.75, 3.05) is 13.2 Å². The number of ether oxygens (including phenoxy) is 1. The number of benzene rings is 2. The van der Waals surface area contributed by atoms with E-state index in [1.54, 1.807) is 12.1 Å². The van der Waals surface area contributed by atoms with Crippen molar-refractivity contribution in [1.82, 2.24) is 4.31 Å². The number of hydrogen-bond donors (Lipinski definition) is 0. The Morgan fingerprint density at radius 2 is 1.88 bits per heavy atom. The molecule has 4 nitrogen and oxygen atoms in total. The van der Waals surface area contributed by atoms with Crippen LogP contribution in [-0.2, 0) is 20.5 Å². The van der Waals surface area contributed by atoms with Crippen molar-refractivity contribution in [3.8, 4) is 0 Å². The highest BCUT2D eigenvalue weighted by Crippen LogP contribution is 2.33. The fraction of sp³-hybridized carbons (Fsp3) is 0.400. The van der Waals surface area contributed by atoms with Crippen LogP contribution in [0.3, 0.4) is 0 Å². The normalized spacial score (nSPS) is 20.8. The molecule has 0 saturated carbocycles. The minimum Gasteiger partial charge on any atom is -0.370 e. The van der Waals surface area contributed by atoms with Crippen molar-refractivity contribution < 1.29 is 17.5 Å². The zero-order valence-electron chi connectivity index (χ0n) is 15.3. The number of nitrogens with zero attached hydrogens (tertiary/aromatic N) is 1. The molecule has 0 aliphatic carbocycles. The molecule has 0 radical (unpaired) electrons. The van der Waals surface area contributed by atoms with E-state index in [1.807, 2.05) is 45.0 Å². The van der Waals surface area contributed by atoms with Gasteiger partial charge in [0, 0.05) is 6.54 Å². The van der Waals surface area contributed by atoms with Gasteiger partial charge in [-0.05, 0) is 44.0 Å². The molecular formula is C20H24FNO3S. The predicted octanol–water partition coefficient (Wildman–Crippen LogP) is 3.82. The fourth-order valence-electron chi connectivity index (χ4n) is 3.29. The molecular weight excluding hydrogens is 353 g/mol. The van der Waals surface area contributed by atoms with Crippen LogP contribution in [0.15, 0.2) is 48.5 Å². The monoisotopic (exact) mass is 377 g/mol. The van der Waals surface area contributed by atoms with E-state index >= 15 is 0 Å². The highest BCUT2D eigenvalue weighted by atomic mass is 32.2. The topological polar surface area (TPSA) is 46.6 Å². The van der Waals surface area contributed by atoms with Gasteiger partial charge in [-0.3, -0.25) is 0 Å². The lowest BCUT2D eigenvalue weighted by molar-refractivity contribution is -0.0656. The summed E-state index contributed by atoms with van der Waals surface area (Å²) in [5, 5.41) is 0. The van der Waals surface area contributed by atoms with E-state index in [2.05, 4.69) is 0 Å². The lowest BCUT2D eigenvalue weighted by Gasteiger charge is -2.44. The molecule has 0 bridgehead atoms. The first kappa shape index (κ1) is 19.0. The summed E-state index contributed by atoms with van der Waals surface area (Å²) >= 11 is 0. The van der Waals surface area contributed by atoms with Gasteiger partial charge in [0.2, 0.25) is 10.0 Å². The smallest absolute Gasteiger partial charge is 0.218 e. The number of aryl methyl sites for hydroxylation is 1. The lowest BCUT2D eigenvalue weighted by atomic mass is 10.0. The van der Waals surface area contributed by atoms with E-state index in [-0.39, 0.29) is 24.7 Å². The first-order valence-corrected chi connectivity index (χ1v) is 10.2. The average Bonchev–Trinajstić information content (AvgIpc) is 2.55. The van der Waals surface area contributed by atoms with E-state index in [4.69, 9.17) is 4.74 Å². The summed E-state index contributed by atoms with van der Waals surface area (Å²) in [6.45, 7) is 6.16. The summed E-state index contributed by atoms with van der Waals surface area (Å²) in [6.07, 6.45) is -0.407. The van der Waals surface area contributed by atoms with Gasteiger partial charge in [0.15, 0.2) is 0 Å². The van der Waals surface area contributed by atoms with Crippen LogP contribution in [0, 0.1) is 12.7 Å². The molecule has 1 atom stereocenters. The maximum absolute atomic E-state index is 13.2. The maximum atomic E-state index is 13.2. The second-order valence-electron chi connectivity index (χ2n) is 7.44. The maximum Gasteiger partial charge on any atom is 0.218 e. The summed E-state index contributed by atoms with van der Waals surface area (Å²) in [7, 11) is -3.53. The zero-order chi connectivity index (χ0) is 18.9. The first-order chi connectivity index (χ1) is 12.2. The van der Waals surface area contributed by atoms with Crippen LogP contribution < -0.4 is 0 Å². The van der Waals surface area contributed by atoms with Crippen molar-refractivity contribution in [3.05, 3.63) is 71.0 Å². The van der Waals surface area contributed by atoms with Crippen molar-refractivity contribution in [2.45, 2.75) is 38.2 Å². The third kappa shape index (κ3) is 4.14. The van der Waals surface area contributed by atoms with E-state index in [0.29, 0.717) is 0 Å². The minimum atomic E-state index is -3.53. The summed E-state index contributed by atoms with van der Waals surface area (Å²) in [4.78, 5) is 0. The van der Waals surface area contributed by atoms with Crippen molar-refractivity contribution in [2.24, 2.45) is 0 Å². The number of sulfonamides is 1. The molecule has 0 aromatic heterocycles. The van der Waals surface area contributed by atoms with Crippen LogP contribution in [-0.4, -0.2) is 31.4 Å². The zero-order valence-corrected chi connectivity index (χ0v) is 16.1. The molecule has 26 heavy (non-hydrogen) atoms. The molecule has 140 valence electrons. The molecule has 2 aromatic rings. The Kier molecular flexibility index (Phi) is 5.19. The number of rotatable bonds is 4. The SMILES string of the molecule is Cc1cccc(CS(=O)(=O)N2CC(c3ccc(F)cc3)OCC2(C)C)c1. The third-order valence-corrected chi connectivity index (χ3v) is 6.67. The molecule has 1 aliphatic rings. The summed E-state index contributed by atoms with van der Waals surface area (Å²) in [6, 6.07) is 13.5. The Hall–Kier alpha value is -1.76. The Morgan fingerprint density at radius 3 is 2.54 bits per heavy atom. The molecule has 0 N–H and O–H groups in total. The molecule has 1 aliphatic heterocycles. The van der Waals surface area contributed by atoms with Crippen molar-refractivity contribution in [3.63, 3.8) is 0 Å². The quantitative estimate of drug-likeness (QED) is 0.814. The summed E-state index contributed by atoms with van der Waals surface area (Å²) in [5.74, 6) is -0.373. The van der Waals surface area contributed by atoms with Gasteiger partial charge in [-0.1, -0.05) is 42.0 Å².